The third kappa shape index (κ3) is 8.32. The van der Waals surface area contributed by atoms with Gasteiger partial charge in [0, 0.05) is 0 Å². The summed E-state index contributed by atoms with van der Waals surface area (Å²) >= 11 is 0. The number of hydrogen-bond acceptors (Lipinski definition) is 6. The molecule has 2 aliphatic rings. The lowest BCUT2D eigenvalue weighted by Crippen LogP contribution is -2.19. The molecular weight excluding hydrogens is 532 g/mol. The zero-order valence-electron chi connectivity index (χ0n) is 24.1. The van der Waals surface area contributed by atoms with Gasteiger partial charge in [0.05, 0.1) is 17.7 Å². The normalized spacial score (nSPS) is 13.8. The van der Waals surface area contributed by atoms with E-state index in [1.54, 1.807) is 24.3 Å². The monoisotopic (exact) mass is 570 g/mol. The maximum atomic E-state index is 13.5. The van der Waals surface area contributed by atoms with E-state index in [1.807, 2.05) is 24.3 Å². The molecule has 0 aromatic heterocycles. The quantitative estimate of drug-likeness (QED) is 0.131. The van der Waals surface area contributed by atoms with Crippen LogP contribution in [-0.4, -0.2) is 29.6 Å². The Hall–Kier alpha value is -4.39. The van der Waals surface area contributed by atoms with Crippen LogP contribution < -0.4 is 14.2 Å². The van der Waals surface area contributed by atoms with Crippen molar-refractivity contribution in [3.05, 3.63) is 101 Å². The smallest absolute Gasteiger partial charge is 0.351 e. The van der Waals surface area contributed by atoms with Crippen molar-refractivity contribution >= 4 is 17.9 Å². The van der Waals surface area contributed by atoms with Crippen molar-refractivity contribution in [2.45, 2.75) is 71.1 Å². The summed E-state index contributed by atoms with van der Waals surface area (Å²) in [5.41, 5.74) is 2.50. The minimum atomic E-state index is -1.08. The zero-order chi connectivity index (χ0) is 29.7. The Balaban J connectivity index is 1.51. The Labute approximate surface area is 247 Å². The lowest BCUT2D eigenvalue weighted by atomic mass is 9.87. The number of ether oxygens (including phenoxy) is 3. The second kappa shape index (κ2) is 15.6. The summed E-state index contributed by atoms with van der Waals surface area (Å²) < 4.78 is 17.4. The van der Waals surface area contributed by atoms with Crippen LogP contribution in [0.15, 0.2) is 89.6 Å². The number of unbranched alkanes of at least 4 members (excludes halogenated alkanes) is 7. The van der Waals surface area contributed by atoms with Crippen LogP contribution in [0.4, 0.5) is 0 Å². The van der Waals surface area contributed by atoms with Gasteiger partial charge in [0.2, 0.25) is 0 Å². The van der Waals surface area contributed by atoms with Gasteiger partial charge < -0.3 is 19.3 Å². The third-order valence-electron chi connectivity index (χ3n) is 7.27. The number of carbonyl (C=O) groups excluding carboxylic acids is 2. The lowest BCUT2D eigenvalue weighted by molar-refractivity contribution is -0.129. The van der Waals surface area contributed by atoms with Gasteiger partial charge >= 0.3 is 17.9 Å². The molecule has 220 valence electrons. The Morgan fingerprint density at radius 1 is 0.786 bits per heavy atom. The van der Waals surface area contributed by atoms with Gasteiger partial charge in [0.1, 0.15) is 22.8 Å². The second-order valence-electron chi connectivity index (χ2n) is 10.4. The predicted octanol–water partition coefficient (Wildman–Crippen LogP) is 8.17. The van der Waals surface area contributed by atoms with Gasteiger partial charge in [-0.05, 0) is 66.8 Å². The minimum Gasteiger partial charge on any atom is -0.493 e. The van der Waals surface area contributed by atoms with E-state index >= 15 is 0 Å². The Morgan fingerprint density at radius 2 is 1.50 bits per heavy atom. The molecule has 7 heteroatoms. The average Bonchev–Trinajstić information content (AvgIpc) is 3.00. The first kappa shape index (κ1) is 30.6. The fourth-order valence-corrected chi connectivity index (χ4v) is 4.99. The molecule has 2 aromatic carbocycles. The molecule has 0 bridgehead atoms. The van der Waals surface area contributed by atoms with Gasteiger partial charge in [-0.15, -0.1) is 0 Å². The minimum absolute atomic E-state index is 0.00239. The van der Waals surface area contributed by atoms with Crippen molar-refractivity contribution in [2.24, 2.45) is 0 Å². The topological polar surface area (TPSA) is 99.1 Å². The molecule has 0 amide bonds. The first-order chi connectivity index (χ1) is 20.5. The number of carboxylic acid groups (broad SMARTS) is 1. The number of carbonyl (C=O) groups is 3. The fraction of sp³-hybridized carbons (Fsp3) is 0.343. The molecule has 0 spiro atoms. The Morgan fingerprint density at radius 3 is 2.24 bits per heavy atom. The van der Waals surface area contributed by atoms with Crippen molar-refractivity contribution in [1.29, 1.82) is 0 Å². The lowest BCUT2D eigenvalue weighted by Gasteiger charge is -2.20. The number of fused-ring (bicyclic) bond motifs is 1. The van der Waals surface area contributed by atoms with Gasteiger partial charge in [0.25, 0.3) is 0 Å². The summed E-state index contributed by atoms with van der Waals surface area (Å²) in [4.78, 5) is 38.0. The van der Waals surface area contributed by atoms with Crippen LogP contribution in [0.2, 0.25) is 0 Å². The highest BCUT2D eigenvalue weighted by Crippen LogP contribution is 2.34. The van der Waals surface area contributed by atoms with Crippen molar-refractivity contribution < 1.29 is 33.7 Å². The van der Waals surface area contributed by atoms with E-state index in [0.717, 1.165) is 36.8 Å². The molecule has 0 fully saturated rings. The summed E-state index contributed by atoms with van der Waals surface area (Å²) in [6.45, 7) is 2.61. The van der Waals surface area contributed by atoms with E-state index in [4.69, 9.17) is 19.3 Å². The first-order valence-electron chi connectivity index (χ1n) is 14.8. The number of esters is 2. The van der Waals surface area contributed by atoms with E-state index in [0.29, 0.717) is 18.6 Å². The van der Waals surface area contributed by atoms with Gasteiger partial charge in [-0.2, -0.15) is 0 Å². The molecule has 2 aromatic rings. The maximum Gasteiger partial charge on any atom is 0.351 e. The molecule has 0 heterocycles. The fourth-order valence-electron chi connectivity index (χ4n) is 4.99. The molecule has 0 unspecified atom stereocenters. The summed E-state index contributed by atoms with van der Waals surface area (Å²) in [6.07, 6.45) is 20.2. The van der Waals surface area contributed by atoms with Gasteiger partial charge in [-0.25, -0.2) is 14.4 Å². The van der Waals surface area contributed by atoms with Crippen LogP contribution in [0.5, 0.6) is 17.2 Å². The maximum absolute atomic E-state index is 13.5. The third-order valence-corrected chi connectivity index (χ3v) is 7.27. The van der Waals surface area contributed by atoms with Crippen molar-refractivity contribution in [2.75, 3.05) is 6.61 Å². The largest absolute Gasteiger partial charge is 0.493 e. The van der Waals surface area contributed by atoms with Crippen LogP contribution >= 0.6 is 0 Å². The number of carboxylic acids is 1. The molecule has 4 rings (SSSR count). The Kier molecular flexibility index (Phi) is 11.3. The number of benzene rings is 2. The molecule has 0 saturated heterocycles. The number of hydrogen-bond donors (Lipinski definition) is 1. The van der Waals surface area contributed by atoms with Crippen LogP contribution in [0.3, 0.4) is 0 Å². The van der Waals surface area contributed by atoms with Gasteiger partial charge in [-0.3, -0.25) is 0 Å². The molecule has 0 aliphatic heterocycles. The van der Waals surface area contributed by atoms with Gasteiger partial charge in [0.15, 0.2) is 0 Å². The summed E-state index contributed by atoms with van der Waals surface area (Å²) in [5, 5.41) is 9.17. The highest BCUT2D eigenvalue weighted by Gasteiger charge is 2.26. The molecule has 0 radical (unpaired) electrons. The summed E-state index contributed by atoms with van der Waals surface area (Å²) in [7, 11) is 0. The highest BCUT2D eigenvalue weighted by atomic mass is 16.6. The van der Waals surface area contributed by atoms with Crippen LogP contribution in [0.1, 0.15) is 91.8 Å². The van der Waals surface area contributed by atoms with Crippen molar-refractivity contribution in [3.63, 3.8) is 0 Å². The average molecular weight is 571 g/mol. The molecule has 0 atom stereocenters. The van der Waals surface area contributed by atoms with E-state index in [1.165, 1.54) is 56.4 Å². The molecule has 1 N–H and O–H groups in total. The standard InChI is InChI=1S/C35H38O7/c1-2-3-4-5-6-7-8-11-24-40-30-18-13-19-31(32(30)35(39)41-27-22-20-26(21-23-27)33(36)37)42-34(38)29-17-12-15-25-14-9-10-16-28(25)29/h9-10,12-14,17-23H,2-8,11,15-16,24H2,1H3,(H,36,37). The zero-order valence-corrected chi connectivity index (χ0v) is 24.1. The number of allylic oxidation sites excluding steroid dienone is 6. The summed E-state index contributed by atoms with van der Waals surface area (Å²) in [6, 6.07) is 10.4. The predicted molar refractivity (Wildman–Crippen MR) is 161 cm³/mol. The van der Waals surface area contributed by atoms with E-state index in [9.17, 15) is 14.4 Å². The molecule has 0 saturated carbocycles. The highest BCUT2D eigenvalue weighted by molar-refractivity contribution is 6.00. The molecule has 7 nitrogen and oxygen atoms in total. The molecule has 42 heavy (non-hydrogen) atoms. The first-order valence-corrected chi connectivity index (χ1v) is 14.8. The van der Waals surface area contributed by atoms with Crippen LogP contribution in [-0.2, 0) is 4.79 Å². The van der Waals surface area contributed by atoms with Crippen molar-refractivity contribution in [3.8, 4) is 17.2 Å². The van der Waals surface area contributed by atoms with Gasteiger partial charge in [-0.1, -0.05) is 88.3 Å². The molecular formula is C35H38O7. The SMILES string of the molecule is CCCCCCCCCCOc1cccc(OC(=O)C2=C3CC=CC=C3CC=C2)c1C(=O)Oc1ccc(C(=O)O)cc1. The van der Waals surface area contributed by atoms with Crippen molar-refractivity contribution in [1.82, 2.24) is 0 Å². The van der Waals surface area contributed by atoms with E-state index in [-0.39, 0.29) is 28.4 Å². The molecule has 2 aliphatic carbocycles. The second-order valence-corrected chi connectivity index (χ2v) is 10.4. The number of rotatable bonds is 15. The summed E-state index contributed by atoms with van der Waals surface area (Å²) in [5.74, 6) is -1.98. The van der Waals surface area contributed by atoms with E-state index < -0.39 is 17.9 Å². The number of aromatic carboxylic acids is 1. The van der Waals surface area contributed by atoms with E-state index in [2.05, 4.69) is 6.92 Å². The van der Waals surface area contributed by atoms with Crippen LogP contribution in [0, 0.1) is 0 Å². The van der Waals surface area contributed by atoms with Crippen LogP contribution in [0.25, 0.3) is 0 Å². The Bertz CT molecular complexity index is 1390.